The van der Waals surface area contributed by atoms with Crippen molar-refractivity contribution in [2.45, 2.75) is 19.9 Å². The fourth-order valence-electron chi connectivity index (χ4n) is 4.43. The molecular weight excluding hydrogens is 684 g/mol. The first kappa shape index (κ1) is 27.2. The maximum absolute atomic E-state index is 13.2. The van der Waals surface area contributed by atoms with Gasteiger partial charge in [-0.1, -0.05) is 17.7 Å². The molecule has 1 saturated heterocycles. The summed E-state index contributed by atoms with van der Waals surface area (Å²) in [5, 5.41) is 12.9. The molecule has 1 fully saturated rings. The van der Waals surface area contributed by atoms with Gasteiger partial charge in [-0.3, -0.25) is 0 Å². The van der Waals surface area contributed by atoms with Gasteiger partial charge in [-0.05, 0) is 24.6 Å². The summed E-state index contributed by atoms with van der Waals surface area (Å²) < 4.78 is 13.0. The van der Waals surface area contributed by atoms with Gasteiger partial charge in [0.05, 0.1) is 0 Å². The number of ether oxygens (including phenoxy) is 2. The second-order valence-electron chi connectivity index (χ2n) is 8.83. The van der Waals surface area contributed by atoms with E-state index in [4.69, 9.17) is 26.5 Å². The molecule has 0 atom stereocenters. The van der Waals surface area contributed by atoms with Crippen LogP contribution in [0.25, 0.3) is 0 Å². The fourth-order valence-corrected chi connectivity index (χ4v) is 5.52. The number of halogens is 1. The molecule has 0 spiro atoms. The van der Waals surface area contributed by atoms with Crippen molar-refractivity contribution in [2.24, 2.45) is 0 Å². The van der Waals surface area contributed by atoms with Crippen LogP contribution in [0.1, 0.15) is 23.2 Å². The van der Waals surface area contributed by atoms with Gasteiger partial charge in [-0.2, -0.15) is 0 Å². The van der Waals surface area contributed by atoms with Gasteiger partial charge >= 0.3 is 168 Å². The number of rotatable bonds is 9. The topological polar surface area (TPSA) is 95.7 Å². The van der Waals surface area contributed by atoms with Crippen LogP contribution in [-0.2, 0) is 11.3 Å². The number of anilines is 2. The molecule has 2 heterocycles. The zero-order valence-electron chi connectivity index (χ0n) is 21.3. The molecule has 0 aliphatic carbocycles. The number of amides is 1. The quantitative estimate of drug-likeness (QED) is 0.261. The summed E-state index contributed by atoms with van der Waals surface area (Å²) >= 11 is 6.95. The fraction of sp³-hybridized carbons (Fsp3) is 0.346. The second kappa shape index (κ2) is 12.2. The molecule has 37 heavy (non-hydrogen) atoms. The first-order chi connectivity index (χ1) is 17.8. The molecule has 0 saturated carbocycles. The number of hydrogen-bond donors (Lipinski definition) is 2. The summed E-state index contributed by atoms with van der Waals surface area (Å²) in [6, 6.07) is 9.46. The monoisotopic (exact) mass is 714 g/mol. The Labute approximate surface area is 238 Å². The van der Waals surface area contributed by atoms with Crippen molar-refractivity contribution in [3.05, 3.63) is 64.7 Å². The van der Waals surface area contributed by atoms with Crippen molar-refractivity contribution >= 4 is 60.7 Å². The van der Waals surface area contributed by atoms with Crippen LogP contribution in [0.5, 0.6) is 11.5 Å². The molecular formula is C26H30ClN6O3Tl. The Kier molecular flexibility index (Phi) is 8.96. The second-order valence-corrected chi connectivity index (χ2v) is 11.6. The predicted molar refractivity (Wildman–Crippen MR) is 147 cm³/mol. The molecule has 4 rings (SSSR count). The molecule has 3 aromatic rings. The summed E-state index contributed by atoms with van der Waals surface area (Å²) in [7, 11) is 3.13. The van der Waals surface area contributed by atoms with Gasteiger partial charge in [0.2, 0.25) is 0 Å². The van der Waals surface area contributed by atoms with E-state index in [1.54, 1.807) is 26.4 Å². The van der Waals surface area contributed by atoms with Crippen LogP contribution < -0.4 is 19.7 Å². The van der Waals surface area contributed by atoms with Crippen molar-refractivity contribution < 1.29 is 14.3 Å². The zero-order valence-corrected chi connectivity index (χ0v) is 26.5. The molecule has 9 nitrogen and oxygen atoms in total. The average Bonchev–Trinajstić information content (AvgIpc) is 3.33. The van der Waals surface area contributed by atoms with Gasteiger partial charge in [-0.15, -0.1) is 0 Å². The normalized spacial score (nSPS) is 13.4. The van der Waals surface area contributed by atoms with Crippen LogP contribution in [-0.4, -0.2) is 90.3 Å². The van der Waals surface area contributed by atoms with Crippen molar-refractivity contribution in [1.82, 2.24) is 12.3 Å². The number of methoxy groups -OCH3 is 2. The van der Waals surface area contributed by atoms with E-state index in [9.17, 15) is 4.79 Å². The third-order valence-corrected chi connectivity index (χ3v) is 8.01. The number of nitrogens with zero attached hydrogens (tertiary/aromatic N) is 4. The van der Waals surface area contributed by atoms with Gasteiger partial charge in [0.15, 0.2) is 0 Å². The summed E-state index contributed by atoms with van der Waals surface area (Å²) in [4.78, 5) is 21.7. The van der Waals surface area contributed by atoms with Crippen molar-refractivity contribution in [2.75, 3.05) is 50.6 Å². The van der Waals surface area contributed by atoms with Crippen LogP contribution in [0.2, 0.25) is 5.02 Å². The summed E-state index contributed by atoms with van der Waals surface area (Å²) in [5.74, 6) is 0.995. The molecule has 1 aliphatic heterocycles. The Bertz CT molecular complexity index is 1290. The van der Waals surface area contributed by atoms with Crippen LogP contribution in [0.3, 0.4) is 0 Å². The van der Waals surface area contributed by atoms with Crippen molar-refractivity contribution in [3.8, 4) is 11.5 Å². The minimum atomic E-state index is -0.0659. The SMILES string of the molecule is COc1cc(NCc2c[n]([Tl])cn2)c(C(=N)CC(=O)N2CCN(c3cccc(Cl)c3C)CC2)cc1OC. The Morgan fingerprint density at radius 3 is 2.51 bits per heavy atom. The van der Waals surface area contributed by atoms with Gasteiger partial charge < -0.3 is 4.90 Å². The van der Waals surface area contributed by atoms with E-state index >= 15 is 0 Å². The van der Waals surface area contributed by atoms with Gasteiger partial charge in [0, 0.05) is 23.8 Å². The van der Waals surface area contributed by atoms with E-state index in [1.807, 2.05) is 38.9 Å². The number of benzene rings is 2. The van der Waals surface area contributed by atoms with E-state index in [0.29, 0.717) is 68.4 Å². The molecule has 1 aromatic heterocycles. The Balaban J connectivity index is 1.45. The molecule has 2 N–H and O–H groups in total. The summed E-state index contributed by atoms with van der Waals surface area (Å²) in [5.41, 5.74) is 4.57. The molecule has 0 radical (unpaired) electrons. The summed E-state index contributed by atoms with van der Waals surface area (Å²) in [6.07, 6.45) is 3.81. The van der Waals surface area contributed by atoms with E-state index in [-0.39, 0.29) is 18.0 Å². The van der Waals surface area contributed by atoms with Crippen LogP contribution in [0.4, 0.5) is 11.4 Å². The first-order valence-corrected chi connectivity index (χ1v) is 14.3. The van der Waals surface area contributed by atoms with Crippen molar-refractivity contribution in [1.29, 1.82) is 5.41 Å². The van der Waals surface area contributed by atoms with Gasteiger partial charge in [-0.25, -0.2) is 0 Å². The average molecular weight is 714 g/mol. The number of imidazole rings is 1. The van der Waals surface area contributed by atoms with Gasteiger partial charge in [0.25, 0.3) is 0 Å². The Hall–Kier alpha value is -2.80. The van der Waals surface area contributed by atoms with E-state index in [0.717, 1.165) is 35.1 Å². The molecule has 192 valence electrons. The standard InChI is InChI=1S/C26H30ClN6O3.Tl/c1-17-20(27)5-4-6-23(17)32-7-9-33(10-8-32)26(34)12-21(28)19-11-24(35-2)25(36-3)13-22(19)30-15-18-14-29-16-31-18;/h4-6,11,13-14,16H,7-10,12,15H2,1-3H3,(H2-,28,29,30,31);/q-1;+1. The number of carbonyl (C=O) groups excluding carboxylic acids is 1. The number of hydrogen-bond acceptors (Lipinski definition) is 7. The third kappa shape index (κ3) is 6.38. The van der Waals surface area contributed by atoms with Crippen LogP contribution >= 0.6 is 11.6 Å². The number of piperazine rings is 1. The molecule has 1 aliphatic rings. The van der Waals surface area contributed by atoms with Crippen LogP contribution in [0.15, 0.2) is 42.9 Å². The zero-order chi connectivity index (χ0) is 26.5. The van der Waals surface area contributed by atoms with Crippen molar-refractivity contribution in [3.63, 3.8) is 0 Å². The first-order valence-electron chi connectivity index (χ1n) is 11.9. The molecule has 0 unspecified atom stereocenters. The number of carbonyl (C=O) groups is 1. The van der Waals surface area contributed by atoms with E-state index in [2.05, 4.69) is 21.3 Å². The summed E-state index contributed by atoms with van der Waals surface area (Å²) in [6.45, 7) is 5.14. The van der Waals surface area contributed by atoms with E-state index < -0.39 is 0 Å². The third-order valence-electron chi connectivity index (χ3n) is 6.50. The number of nitrogens with one attached hydrogen (secondary N) is 2. The maximum atomic E-state index is 13.2. The number of aromatic nitrogens is 2. The molecule has 11 heteroatoms. The molecule has 2 aromatic carbocycles. The minimum absolute atomic E-state index is 0.00331. The molecule has 1 amide bonds. The molecule has 0 bridgehead atoms. The Morgan fingerprint density at radius 2 is 1.86 bits per heavy atom. The van der Waals surface area contributed by atoms with Gasteiger partial charge in [0.1, 0.15) is 0 Å². The van der Waals surface area contributed by atoms with E-state index in [1.165, 1.54) is 0 Å². The van der Waals surface area contributed by atoms with Crippen LogP contribution in [0, 0.1) is 12.3 Å². The predicted octanol–water partition coefficient (Wildman–Crippen LogP) is 3.51. The Morgan fingerprint density at radius 1 is 1.16 bits per heavy atom.